The topological polar surface area (TPSA) is 41.1 Å². The van der Waals surface area contributed by atoms with Crippen molar-refractivity contribution in [3.8, 4) is 0 Å². The fourth-order valence-electron chi connectivity index (χ4n) is 1.54. The third-order valence-electron chi connectivity index (χ3n) is 2.49. The summed E-state index contributed by atoms with van der Waals surface area (Å²) in [5.41, 5.74) is 1.29. The molecule has 2 aliphatic rings. The van der Waals surface area contributed by atoms with E-state index in [0.29, 0.717) is 12.5 Å². The lowest BCUT2D eigenvalue weighted by atomic mass is 10.1. The summed E-state index contributed by atoms with van der Waals surface area (Å²) in [5, 5.41) is 6.23. The normalized spacial score (nSPS) is 22.3. The number of carbonyl (C=O) groups excluding carboxylic acids is 1. The molecule has 1 fully saturated rings. The summed E-state index contributed by atoms with van der Waals surface area (Å²) in [6.45, 7) is 1.94. The zero-order chi connectivity index (χ0) is 9.10. The van der Waals surface area contributed by atoms with Gasteiger partial charge in [-0.25, -0.2) is 0 Å². The maximum atomic E-state index is 11.4. The Labute approximate surface area is 78.6 Å². The SMILES string of the molecule is O=C(CC1=CCNCC1)NC1CC1. The van der Waals surface area contributed by atoms with Gasteiger partial charge in [0.2, 0.25) is 5.91 Å². The summed E-state index contributed by atoms with van der Waals surface area (Å²) in [6.07, 6.45) is 6.12. The minimum Gasteiger partial charge on any atom is -0.353 e. The second-order valence-corrected chi connectivity index (χ2v) is 3.84. The molecule has 3 nitrogen and oxygen atoms in total. The fourth-order valence-corrected chi connectivity index (χ4v) is 1.54. The van der Waals surface area contributed by atoms with E-state index in [2.05, 4.69) is 16.7 Å². The Morgan fingerprint density at radius 2 is 2.46 bits per heavy atom. The minimum absolute atomic E-state index is 0.204. The first-order valence-corrected chi connectivity index (χ1v) is 5.02. The quantitative estimate of drug-likeness (QED) is 0.624. The molecule has 1 heterocycles. The highest BCUT2D eigenvalue weighted by atomic mass is 16.1. The maximum absolute atomic E-state index is 11.4. The van der Waals surface area contributed by atoms with Crippen molar-refractivity contribution in [2.75, 3.05) is 13.1 Å². The summed E-state index contributed by atoms with van der Waals surface area (Å²) in [7, 11) is 0. The Morgan fingerprint density at radius 1 is 1.62 bits per heavy atom. The van der Waals surface area contributed by atoms with Crippen molar-refractivity contribution in [1.82, 2.24) is 10.6 Å². The van der Waals surface area contributed by atoms with Crippen LogP contribution in [0.2, 0.25) is 0 Å². The summed E-state index contributed by atoms with van der Waals surface area (Å²) in [5.74, 6) is 0.204. The molecule has 0 aromatic carbocycles. The van der Waals surface area contributed by atoms with Gasteiger partial charge in [0.1, 0.15) is 0 Å². The molecular weight excluding hydrogens is 164 g/mol. The number of amides is 1. The highest BCUT2D eigenvalue weighted by molar-refractivity contribution is 5.79. The molecule has 0 atom stereocenters. The van der Waals surface area contributed by atoms with Crippen molar-refractivity contribution in [2.45, 2.75) is 31.7 Å². The number of nitrogens with one attached hydrogen (secondary N) is 2. The Balaban J connectivity index is 1.75. The van der Waals surface area contributed by atoms with Crippen LogP contribution in [0.15, 0.2) is 11.6 Å². The van der Waals surface area contributed by atoms with Crippen molar-refractivity contribution in [3.05, 3.63) is 11.6 Å². The Morgan fingerprint density at radius 3 is 3.08 bits per heavy atom. The smallest absolute Gasteiger partial charge is 0.224 e. The van der Waals surface area contributed by atoms with E-state index >= 15 is 0 Å². The molecule has 0 saturated heterocycles. The van der Waals surface area contributed by atoms with Gasteiger partial charge in [0, 0.05) is 19.0 Å². The maximum Gasteiger partial charge on any atom is 0.224 e. The first-order valence-electron chi connectivity index (χ1n) is 5.02. The van der Waals surface area contributed by atoms with Gasteiger partial charge in [-0.3, -0.25) is 4.79 Å². The van der Waals surface area contributed by atoms with Crippen molar-refractivity contribution in [1.29, 1.82) is 0 Å². The van der Waals surface area contributed by atoms with E-state index < -0.39 is 0 Å². The van der Waals surface area contributed by atoms with Crippen LogP contribution in [-0.2, 0) is 4.79 Å². The lowest BCUT2D eigenvalue weighted by Gasteiger charge is -2.13. The molecule has 3 heteroatoms. The number of hydrogen-bond acceptors (Lipinski definition) is 2. The molecule has 13 heavy (non-hydrogen) atoms. The van der Waals surface area contributed by atoms with Gasteiger partial charge >= 0.3 is 0 Å². The van der Waals surface area contributed by atoms with Crippen LogP contribution in [0.3, 0.4) is 0 Å². The Kier molecular flexibility index (Phi) is 2.64. The minimum atomic E-state index is 0.204. The van der Waals surface area contributed by atoms with Gasteiger partial charge in [-0.05, 0) is 25.8 Å². The molecule has 0 unspecified atom stereocenters. The van der Waals surface area contributed by atoms with Crippen LogP contribution in [0, 0.1) is 0 Å². The summed E-state index contributed by atoms with van der Waals surface area (Å²) < 4.78 is 0. The molecule has 1 aliphatic heterocycles. The van der Waals surface area contributed by atoms with E-state index in [1.165, 1.54) is 18.4 Å². The van der Waals surface area contributed by atoms with E-state index in [1.54, 1.807) is 0 Å². The van der Waals surface area contributed by atoms with Crippen LogP contribution in [0.1, 0.15) is 25.7 Å². The molecule has 1 aliphatic carbocycles. The molecule has 0 radical (unpaired) electrons. The average molecular weight is 180 g/mol. The largest absolute Gasteiger partial charge is 0.353 e. The first kappa shape index (κ1) is 8.75. The second-order valence-electron chi connectivity index (χ2n) is 3.84. The van der Waals surface area contributed by atoms with Crippen LogP contribution in [0.25, 0.3) is 0 Å². The molecule has 72 valence electrons. The van der Waals surface area contributed by atoms with Crippen LogP contribution < -0.4 is 10.6 Å². The number of hydrogen-bond donors (Lipinski definition) is 2. The van der Waals surface area contributed by atoms with Crippen molar-refractivity contribution in [2.24, 2.45) is 0 Å². The molecule has 0 aromatic heterocycles. The first-order chi connectivity index (χ1) is 6.34. The predicted octanol–water partition coefficient (Wildman–Crippen LogP) is 0.575. The fraction of sp³-hybridized carbons (Fsp3) is 0.700. The van der Waals surface area contributed by atoms with Crippen LogP contribution in [-0.4, -0.2) is 25.0 Å². The van der Waals surface area contributed by atoms with Crippen molar-refractivity contribution >= 4 is 5.91 Å². The standard InChI is InChI=1S/C10H16N2O/c13-10(12-9-1-2-9)7-8-3-5-11-6-4-8/h3,9,11H,1-2,4-7H2,(H,12,13). The summed E-state index contributed by atoms with van der Waals surface area (Å²) >= 11 is 0. The monoisotopic (exact) mass is 180 g/mol. The number of carbonyl (C=O) groups is 1. The van der Waals surface area contributed by atoms with E-state index in [9.17, 15) is 4.79 Å². The van der Waals surface area contributed by atoms with E-state index in [-0.39, 0.29) is 5.91 Å². The molecule has 0 spiro atoms. The van der Waals surface area contributed by atoms with Gasteiger partial charge in [0.15, 0.2) is 0 Å². The predicted molar refractivity (Wildman–Crippen MR) is 51.4 cm³/mol. The third kappa shape index (κ3) is 2.84. The molecule has 2 rings (SSSR count). The van der Waals surface area contributed by atoms with Gasteiger partial charge in [-0.1, -0.05) is 11.6 Å². The van der Waals surface area contributed by atoms with Gasteiger partial charge in [-0.15, -0.1) is 0 Å². The molecular formula is C10H16N2O. The second kappa shape index (κ2) is 3.92. The lowest BCUT2D eigenvalue weighted by molar-refractivity contribution is -0.120. The lowest BCUT2D eigenvalue weighted by Crippen LogP contribution is -2.27. The third-order valence-corrected chi connectivity index (χ3v) is 2.49. The van der Waals surface area contributed by atoms with Gasteiger partial charge < -0.3 is 10.6 Å². The zero-order valence-electron chi connectivity index (χ0n) is 7.81. The van der Waals surface area contributed by atoms with Crippen LogP contribution >= 0.6 is 0 Å². The van der Waals surface area contributed by atoms with Gasteiger partial charge in [-0.2, -0.15) is 0 Å². The van der Waals surface area contributed by atoms with E-state index in [0.717, 1.165) is 19.5 Å². The molecule has 1 amide bonds. The molecule has 0 aromatic rings. The molecule has 1 saturated carbocycles. The van der Waals surface area contributed by atoms with E-state index in [1.807, 2.05) is 0 Å². The van der Waals surface area contributed by atoms with Gasteiger partial charge in [0.05, 0.1) is 0 Å². The highest BCUT2D eigenvalue weighted by Crippen LogP contribution is 2.19. The summed E-state index contributed by atoms with van der Waals surface area (Å²) in [6, 6.07) is 0.495. The Hall–Kier alpha value is -0.830. The Bertz CT molecular complexity index is 231. The zero-order valence-corrected chi connectivity index (χ0v) is 7.81. The van der Waals surface area contributed by atoms with Gasteiger partial charge in [0.25, 0.3) is 0 Å². The highest BCUT2D eigenvalue weighted by Gasteiger charge is 2.23. The van der Waals surface area contributed by atoms with E-state index in [4.69, 9.17) is 0 Å². The van der Waals surface area contributed by atoms with Crippen LogP contribution in [0.5, 0.6) is 0 Å². The average Bonchev–Trinajstić information content (AvgIpc) is 2.90. The molecule has 2 N–H and O–H groups in total. The number of rotatable bonds is 3. The molecule has 0 bridgehead atoms. The van der Waals surface area contributed by atoms with Crippen molar-refractivity contribution < 1.29 is 4.79 Å². The van der Waals surface area contributed by atoms with Crippen molar-refractivity contribution in [3.63, 3.8) is 0 Å². The van der Waals surface area contributed by atoms with Crippen LogP contribution in [0.4, 0.5) is 0 Å². The summed E-state index contributed by atoms with van der Waals surface area (Å²) in [4.78, 5) is 11.4.